The Morgan fingerprint density at radius 1 is 1.14 bits per heavy atom. The van der Waals surface area contributed by atoms with Crippen LogP contribution in [0.3, 0.4) is 0 Å². The average Bonchev–Trinajstić information content (AvgIpc) is 2.40. The van der Waals surface area contributed by atoms with E-state index >= 15 is 0 Å². The second kappa shape index (κ2) is 9.34. The first-order valence-corrected chi connectivity index (χ1v) is 5.76. The molecule has 1 aromatic rings. The summed E-state index contributed by atoms with van der Waals surface area (Å²) < 4.78 is 0. The molecule has 0 aliphatic rings. The van der Waals surface area contributed by atoms with Gasteiger partial charge in [0.05, 0.1) is 6.10 Å². The average molecular weight is 299 g/mol. The summed E-state index contributed by atoms with van der Waals surface area (Å²) in [5, 5.41) is 46.1. The third-order valence-electron chi connectivity index (χ3n) is 2.15. The normalized spacial score (nSPS) is 11.5. The smallest absolute Gasteiger partial charge is 0.328 e. The molecule has 0 spiro atoms. The fourth-order valence-electron chi connectivity index (χ4n) is 1.20. The van der Waals surface area contributed by atoms with E-state index in [0.29, 0.717) is 24.3 Å². The largest absolute Gasteiger partial charge is 0.504 e. The molecule has 0 heterocycles. The SMILES string of the molecule is CNC[C@H](O)c1ccc(O)c(O)c1.O=C(O)/C=C/C(=O)O. The molecular weight excluding hydrogens is 282 g/mol. The molecule has 1 aromatic carbocycles. The van der Waals surface area contributed by atoms with Crippen LogP contribution in [0.5, 0.6) is 11.5 Å². The van der Waals surface area contributed by atoms with Gasteiger partial charge in [0.2, 0.25) is 0 Å². The van der Waals surface area contributed by atoms with Gasteiger partial charge >= 0.3 is 11.9 Å². The molecule has 0 bridgehead atoms. The molecule has 6 N–H and O–H groups in total. The van der Waals surface area contributed by atoms with Crippen molar-refractivity contribution in [3.63, 3.8) is 0 Å². The monoisotopic (exact) mass is 299 g/mol. The maximum Gasteiger partial charge on any atom is 0.328 e. The van der Waals surface area contributed by atoms with Gasteiger partial charge in [-0.05, 0) is 24.7 Å². The Morgan fingerprint density at radius 2 is 1.67 bits per heavy atom. The summed E-state index contributed by atoms with van der Waals surface area (Å²) >= 11 is 0. The first-order chi connectivity index (χ1) is 9.77. The molecule has 0 fully saturated rings. The quantitative estimate of drug-likeness (QED) is 0.330. The summed E-state index contributed by atoms with van der Waals surface area (Å²) in [5.41, 5.74) is 0.574. The Morgan fingerprint density at radius 3 is 2.05 bits per heavy atom. The minimum Gasteiger partial charge on any atom is -0.504 e. The molecule has 0 saturated heterocycles. The van der Waals surface area contributed by atoms with Crippen molar-refractivity contribution in [2.24, 2.45) is 0 Å². The number of carbonyl (C=O) groups is 2. The van der Waals surface area contributed by atoms with Crippen molar-refractivity contribution in [2.75, 3.05) is 13.6 Å². The van der Waals surface area contributed by atoms with Crippen molar-refractivity contribution in [3.05, 3.63) is 35.9 Å². The van der Waals surface area contributed by atoms with Crippen LogP contribution < -0.4 is 5.32 Å². The molecule has 0 aliphatic heterocycles. The van der Waals surface area contributed by atoms with Crippen LogP contribution in [0.25, 0.3) is 0 Å². The van der Waals surface area contributed by atoms with E-state index in [1.54, 1.807) is 13.1 Å². The number of phenolic OH excluding ortho intramolecular Hbond substituents is 2. The van der Waals surface area contributed by atoms with E-state index in [9.17, 15) is 14.7 Å². The Kier molecular flexibility index (Phi) is 8.20. The van der Waals surface area contributed by atoms with Crippen LogP contribution >= 0.6 is 0 Å². The highest BCUT2D eigenvalue weighted by molar-refractivity contribution is 5.89. The fraction of sp³-hybridized carbons (Fsp3) is 0.231. The topological polar surface area (TPSA) is 147 Å². The Hall–Kier alpha value is -2.58. The van der Waals surface area contributed by atoms with Gasteiger partial charge in [0.25, 0.3) is 0 Å². The van der Waals surface area contributed by atoms with Crippen LogP contribution in [0.2, 0.25) is 0 Å². The number of hydrogen-bond donors (Lipinski definition) is 6. The predicted molar refractivity (Wildman–Crippen MR) is 73.1 cm³/mol. The zero-order valence-electron chi connectivity index (χ0n) is 11.2. The summed E-state index contributed by atoms with van der Waals surface area (Å²) in [6.07, 6.45) is 0.446. The molecule has 0 unspecified atom stereocenters. The van der Waals surface area contributed by atoms with Crippen molar-refractivity contribution in [1.29, 1.82) is 0 Å². The number of benzene rings is 1. The number of likely N-dealkylation sites (N-methyl/N-ethyl adjacent to an activating group) is 1. The van der Waals surface area contributed by atoms with Crippen molar-refractivity contribution < 1.29 is 35.1 Å². The molecule has 21 heavy (non-hydrogen) atoms. The van der Waals surface area contributed by atoms with Gasteiger partial charge in [-0.25, -0.2) is 9.59 Å². The number of nitrogens with one attached hydrogen (secondary N) is 1. The maximum atomic E-state index is 9.55. The molecule has 8 heteroatoms. The molecule has 0 aliphatic carbocycles. The number of aromatic hydroxyl groups is 2. The fourth-order valence-corrected chi connectivity index (χ4v) is 1.20. The highest BCUT2D eigenvalue weighted by Gasteiger charge is 2.08. The minimum atomic E-state index is -1.26. The van der Waals surface area contributed by atoms with Gasteiger partial charge in [0.15, 0.2) is 11.5 Å². The van der Waals surface area contributed by atoms with Gasteiger partial charge in [-0.2, -0.15) is 0 Å². The Bertz CT molecular complexity index is 497. The number of hydrogen-bond acceptors (Lipinski definition) is 6. The van der Waals surface area contributed by atoms with Gasteiger partial charge in [-0.3, -0.25) is 0 Å². The molecule has 0 amide bonds. The van der Waals surface area contributed by atoms with Crippen molar-refractivity contribution in [2.45, 2.75) is 6.10 Å². The van der Waals surface area contributed by atoms with Gasteiger partial charge in [0, 0.05) is 18.7 Å². The number of aliphatic hydroxyl groups excluding tert-OH is 1. The number of aliphatic carboxylic acids is 2. The van der Waals surface area contributed by atoms with E-state index < -0.39 is 18.0 Å². The Balaban J connectivity index is 0.000000433. The van der Waals surface area contributed by atoms with Crippen LogP contribution in [0.15, 0.2) is 30.4 Å². The van der Waals surface area contributed by atoms with Crippen LogP contribution in [-0.2, 0) is 9.59 Å². The third kappa shape index (κ3) is 8.24. The zero-order chi connectivity index (χ0) is 16.4. The maximum absolute atomic E-state index is 9.55. The Labute approximate surface area is 120 Å². The molecule has 1 rings (SSSR count). The van der Waals surface area contributed by atoms with Crippen molar-refractivity contribution >= 4 is 11.9 Å². The second-order valence-electron chi connectivity index (χ2n) is 3.83. The first-order valence-electron chi connectivity index (χ1n) is 5.76. The van der Waals surface area contributed by atoms with Gasteiger partial charge in [0.1, 0.15) is 0 Å². The van der Waals surface area contributed by atoms with E-state index in [1.165, 1.54) is 12.1 Å². The molecule has 0 saturated carbocycles. The lowest BCUT2D eigenvalue weighted by atomic mass is 10.1. The second-order valence-corrected chi connectivity index (χ2v) is 3.83. The first kappa shape index (κ1) is 18.4. The van der Waals surface area contributed by atoms with Crippen LogP contribution in [0.1, 0.15) is 11.7 Å². The summed E-state index contributed by atoms with van der Waals surface area (Å²) in [5.74, 6) is -2.91. The standard InChI is InChI=1S/C9H13NO3.C4H4O4/c1-10-5-9(13)6-2-3-7(11)8(12)4-6;5-3(6)1-2-4(7)8/h2-4,9-13H,5H2,1H3;1-2H,(H,5,6)(H,7,8)/b;2-1+/t9-;/m0./s1. The van der Waals surface area contributed by atoms with E-state index in [4.69, 9.17) is 20.4 Å². The van der Waals surface area contributed by atoms with Crippen LogP contribution in [0.4, 0.5) is 0 Å². The molecule has 0 radical (unpaired) electrons. The lowest BCUT2D eigenvalue weighted by molar-refractivity contribution is -0.134. The van der Waals surface area contributed by atoms with Crippen molar-refractivity contribution in [3.8, 4) is 11.5 Å². The highest BCUT2D eigenvalue weighted by Crippen LogP contribution is 2.27. The minimum absolute atomic E-state index is 0.180. The highest BCUT2D eigenvalue weighted by atomic mass is 16.4. The molecular formula is C13H17NO7. The summed E-state index contributed by atoms with van der Waals surface area (Å²) in [6, 6.07) is 4.26. The van der Waals surface area contributed by atoms with Gasteiger partial charge in [-0.15, -0.1) is 0 Å². The van der Waals surface area contributed by atoms with E-state index in [0.717, 1.165) is 0 Å². The van der Waals surface area contributed by atoms with Crippen molar-refractivity contribution in [1.82, 2.24) is 5.32 Å². The lowest BCUT2D eigenvalue weighted by Crippen LogP contribution is -2.16. The predicted octanol–water partition coefficient (Wildman–Crippen LogP) is 0.0624. The molecule has 1 atom stereocenters. The number of rotatable bonds is 5. The number of phenols is 2. The van der Waals surface area contributed by atoms with Gasteiger partial charge in [-0.1, -0.05) is 6.07 Å². The van der Waals surface area contributed by atoms with Crippen LogP contribution in [0, 0.1) is 0 Å². The zero-order valence-corrected chi connectivity index (χ0v) is 11.2. The summed E-state index contributed by atoms with van der Waals surface area (Å²) in [6.45, 7) is 0.407. The number of carboxylic acids is 2. The van der Waals surface area contributed by atoms with E-state index in [1.807, 2.05) is 0 Å². The van der Waals surface area contributed by atoms with E-state index in [-0.39, 0.29) is 11.5 Å². The van der Waals surface area contributed by atoms with Crippen LogP contribution in [-0.4, -0.2) is 51.1 Å². The summed E-state index contributed by atoms with van der Waals surface area (Å²) in [4.78, 5) is 19.1. The summed E-state index contributed by atoms with van der Waals surface area (Å²) in [7, 11) is 1.73. The van der Waals surface area contributed by atoms with E-state index in [2.05, 4.69) is 5.32 Å². The molecule has 0 aromatic heterocycles. The lowest BCUT2D eigenvalue weighted by Gasteiger charge is -2.10. The number of aliphatic hydroxyl groups is 1. The number of carboxylic acid groups (broad SMARTS) is 2. The third-order valence-corrected chi connectivity index (χ3v) is 2.15. The van der Waals surface area contributed by atoms with Gasteiger partial charge < -0.3 is 30.8 Å². The molecule has 116 valence electrons. The molecule has 8 nitrogen and oxygen atoms in total.